The van der Waals surface area contributed by atoms with Gasteiger partial charge in [-0.2, -0.15) is 0 Å². The van der Waals surface area contributed by atoms with Gasteiger partial charge in [-0.15, -0.1) is 20.4 Å². The van der Waals surface area contributed by atoms with Crippen molar-refractivity contribution >= 4 is 68.6 Å². The number of nitrogens with one attached hydrogen (secondary N) is 8. The van der Waals surface area contributed by atoms with E-state index in [4.69, 9.17) is 0 Å². The molecule has 18 heteroatoms. The lowest BCUT2D eigenvalue weighted by Crippen LogP contribution is -2.48. The summed E-state index contributed by atoms with van der Waals surface area (Å²) in [6.07, 6.45) is 0. The van der Waals surface area contributed by atoms with E-state index in [2.05, 4.69) is 63.4 Å². The summed E-state index contributed by atoms with van der Waals surface area (Å²) in [7, 11) is 3.03. The summed E-state index contributed by atoms with van der Waals surface area (Å²) >= 11 is 0. The van der Waals surface area contributed by atoms with Gasteiger partial charge >= 0.3 is 0 Å². The molecular weight excluding hydrogens is 609 g/mol. The highest BCUT2D eigenvalue weighted by Gasteiger charge is 2.20. The largest absolute Gasteiger partial charge is 0.348 e. The van der Waals surface area contributed by atoms with Crippen LogP contribution in [0.25, 0.3) is 0 Å². The molecule has 0 aromatic heterocycles. The van der Waals surface area contributed by atoms with Gasteiger partial charge in [-0.3, -0.25) is 40.9 Å². The third kappa shape index (κ3) is 10.3. The molecule has 44 heavy (non-hydrogen) atoms. The second-order valence-electron chi connectivity index (χ2n) is 8.78. The fourth-order valence-electron chi connectivity index (χ4n) is 3.36. The van der Waals surface area contributed by atoms with Gasteiger partial charge in [0.2, 0.25) is 23.3 Å². The fourth-order valence-corrected chi connectivity index (χ4v) is 5.18. The van der Waals surface area contributed by atoms with E-state index >= 15 is 0 Å². The molecule has 4 rings (SSSR count). The molecule has 8 N–H and O–H groups in total. The molecule has 2 aliphatic heterocycles. The van der Waals surface area contributed by atoms with Crippen molar-refractivity contribution in [1.29, 1.82) is 0 Å². The summed E-state index contributed by atoms with van der Waals surface area (Å²) in [5.41, 5.74) is 11.8. The summed E-state index contributed by atoms with van der Waals surface area (Å²) in [5.74, 6) is -0.921. The minimum atomic E-state index is -0.475. The minimum Gasteiger partial charge on any atom is -0.348 e. The van der Waals surface area contributed by atoms with E-state index in [1.807, 2.05) is 60.7 Å². The van der Waals surface area contributed by atoms with Gasteiger partial charge in [0, 0.05) is 37.7 Å². The number of carbonyl (C=O) groups is 4. The van der Waals surface area contributed by atoms with Gasteiger partial charge < -0.3 is 21.3 Å². The number of rotatable bonds is 15. The number of benzene rings is 2. The number of hydrogen-bond acceptors (Lipinski definition) is 14. The number of hydrazone groups is 4. The van der Waals surface area contributed by atoms with Crippen LogP contribution in [0.2, 0.25) is 0 Å². The monoisotopic (exact) mass is 638 g/mol. The Morgan fingerprint density at radius 2 is 0.818 bits per heavy atom. The van der Waals surface area contributed by atoms with Crippen LogP contribution in [-0.2, 0) is 32.3 Å². The van der Waals surface area contributed by atoms with Crippen LogP contribution in [0.15, 0.2) is 81.1 Å². The first-order chi connectivity index (χ1) is 21.5. The first-order valence-corrected chi connectivity index (χ1v) is 15.8. The quantitative estimate of drug-likeness (QED) is 0.0868. The van der Waals surface area contributed by atoms with Crippen molar-refractivity contribution < 1.29 is 19.2 Å². The lowest BCUT2D eigenvalue weighted by molar-refractivity contribution is -0.116. The maximum Gasteiger partial charge on any atom is 0.290 e. The second-order valence-corrected chi connectivity index (χ2v) is 11.5. The fraction of sp³-hybridized carbons (Fsp3) is 0.231. The number of hydrogen-bond donors (Lipinski definition) is 8. The van der Waals surface area contributed by atoms with Crippen LogP contribution in [0.1, 0.15) is 11.1 Å². The third-order valence-electron chi connectivity index (χ3n) is 5.57. The van der Waals surface area contributed by atoms with Gasteiger partial charge in [0.25, 0.3) is 23.6 Å². The molecule has 230 valence electrons. The van der Waals surface area contributed by atoms with Crippen LogP contribution in [-0.4, -0.2) is 71.6 Å². The summed E-state index contributed by atoms with van der Waals surface area (Å²) in [5, 5.41) is 26.3. The molecule has 2 aliphatic rings. The Kier molecular flexibility index (Phi) is 12.4. The minimum absolute atomic E-state index is 0.0569. The first kappa shape index (κ1) is 31.8. The highest BCUT2D eigenvalue weighted by molar-refractivity contribution is 8.76. The van der Waals surface area contributed by atoms with E-state index < -0.39 is 23.6 Å². The van der Waals surface area contributed by atoms with Crippen molar-refractivity contribution in [2.24, 2.45) is 20.4 Å². The Balaban J connectivity index is 1.01. The topological polar surface area (TPSA) is 214 Å². The Morgan fingerprint density at radius 1 is 0.500 bits per heavy atom. The molecule has 0 radical (unpaired) electrons. The zero-order chi connectivity index (χ0) is 31.0. The normalized spacial score (nSPS) is 13.5. The number of carbonyl (C=O) groups excluding carboxylic acids is 4. The number of nitrogens with zero attached hydrogens (tertiary/aromatic N) is 4. The number of amides is 4. The van der Waals surface area contributed by atoms with E-state index in [1.165, 1.54) is 21.6 Å². The summed E-state index contributed by atoms with van der Waals surface area (Å²) in [4.78, 5) is 48.9. The second kappa shape index (κ2) is 17.1. The van der Waals surface area contributed by atoms with Gasteiger partial charge in [-0.25, -0.2) is 0 Å². The molecule has 0 saturated carbocycles. The highest BCUT2D eigenvalue weighted by atomic mass is 33.1. The SMILES string of the molecule is O=C(NCCSSCCNC(=O)C1=NNC(C(=O)NCc2ccccc2)=NN1)C1=NNC(C(=O)NCc2ccccc2)=NN1. The van der Waals surface area contributed by atoms with E-state index in [0.717, 1.165) is 11.1 Å². The van der Waals surface area contributed by atoms with Crippen LogP contribution < -0.4 is 43.0 Å². The smallest absolute Gasteiger partial charge is 0.290 e. The predicted molar refractivity (Wildman–Crippen MR) is 170 cm³/mol. The Bertz CT molecular complexity index is 1340. The molecule has 0 bridgehead atoms. The van der Waals surface area contributed by atoms with Gasteiger partial charge in [-0.1, -0.05) is 82.3 Å². The van der Waals surface area contributed by atoms with Gasteiger partial charge in [0.15, 0.2) is 0 Å². The number of amidine groups is 4. The van der Waals surface area contributed by atoms with Crippen LogP contribution in [0.4, 0.5) is 0 Å². The van der Waals surface area contributed by atoms with Gasteiger partial charge in [0.1, 0.15) is 0 Å². The van der Waals surface area contributed by atoms with Crippen LogP contribution in [0, 0.1) is 0 Å². The Morgan fingerprint density at radius 3 is 1.14 bits per heavy atom. The average Bonchev–Trinajstić information content (AvgIpc) is 3.08. The molecule has 0 saturated heterocycles. The zero-order valence-corrected chi connectivity index (χ0v) is 24.9. The molecule has 0 atom stereocenters. The van der Waals surface area contributed by atoms with E-state index in [0.29, 0.717) is 37.7 Å². The van der Waals surface area contributed by atoms with Crippen molar-refractivity contribution in [3.63, 3.8) is 0 Å². The maximum atomic E-state index is 12.3. The molecule has 0 spiro atoms. The molecule has 2 aromatic carbocycles. The third-order valence-corrected chi connectivity index (χ3v) is 7.98. The zero-order valence-electron chi connectivity index (χ0n) is 23.3. The van der Waals surface area contributed by atoms with Crippen LogP contribution >= 0.6 is 21.6 Å². The lowest BCUT2D eigenvalue weighted by Gasteiger charge is -2.14. The standard InChI is InChI=1S/C26H30N12O4S2/c39-23(19-31-35-21(36-32-19)25(41)29-15-17-7-3-1-4-8-17)27-11-13-43-44-14-12-28-24(40)20-33-37-22(38-34-20)26(42)30-16-18-9-5-2-6-10-18/h1-10H,11-16H2,(H,27,39)(H,28,40)(H,29,41)(H,30,42)(H,31,32)(H,33,34)(H,35,36)(H,37,38). The maximum absolute atomic E-state index is 12.3. The molecule has 0 aliphatic carbocycles. The molecule has 2 aromatic rings. The van der Waals surface area contributed by atoms with E-state index in [-0.39, 0.29) is 23.3 Å². The summed E-state index contributed by atoms with van der Waals surface area (Å²) < 4.78 is 0. The Hall–Kier alpha value is -5.10. The van der Waals surface area contributed by atoms with E-state index in [1.54, 1.807) is 0 Å². The highest BCUT2D eigenvalue weighted by Crippen LogP contribution is 2.19. The van der Waals surface area contributed by atoms with Crippen LogP contribution in [0.5, 0.6) is 0 Å². The van der Waals surface area contributed by atoms with Crippen molar-refractivity contribution in [2.75, 3.05) is 24.6 Å². The Labute approximate surface area is 260 Å². The molecule has 0 unspecified atom stereocenters. The van der Waals surface area contributed by atoms with E-state index in [9.17, 15) is 19.2 Å². The molecule has 0 fully saturated rings. The summed E-state index contributed by atoms with van der Waals surface area (Å²) in [6.45, 7) is 1.39. The van der Waals surface area contributed by atoms with Crippen molar-refractivity contribution in [1.82, 2.24) is 43.0 Å². The predicted octanol–water partition coefficient (Wildman–Crippen LogP) is -1.13. The molecular formula is C26H30N12O4S2. The lowest BCUT2D eigenvalue weighted by atomic mass is 10.2. The van der Waals surface area contributed by atoms with Gasteiger partial charge in [-0.05, 0) is 11.1 Å². The van der Waals surface area contributed by atoms with Crippen LogP contribution in [0.3, 0.4) is 0 Å². The summed E-state index contributed by atoms with van der Waals surface area (Å²) in [6, 6.07) is 18.8. The van der Waals surface area contributed by atoms with Crippen molar-refractivity contribution in [3.8, 4) is 0 Å². The van der Waals surface area contributed by atoms with Crippen molar-refractivity contribution in [3.05, 3.63) is 71.8 Å². The molecule has 16 nitrogen and oxygen atoms in total. The molecule has 4 amide bonds. The average molecular weight is 639 g/mol. The van der Waals surface area contributed by atoms with Crippen molar-refractivity contribution in [2.45, 2.75) is 13.1 Å². The van der Waals surface area contributed by atoms with Gasteiger partial charge in [0.05, 0.1) is 0 Å². The molecule has 2 heterocycles. The first-order valence-electron chi connectivity index (χ1n) is 13.3.